The predicted octanol–water partition coefficient (Wildman–Crippen LogP) is 3.88. The molecule has 1 heterocycles. The topological polar surface area (TPSA) is 25.8 Å². The Morgan fingerprint density at radius 1 is 0.889 bits per heavy atom. The molecule has 0 fully saturated rings. The molecule has 0 aliphatic heterocycles. The highest BCUT2D eigenvalue weighted by atomic mass is 14.8. The van der Waals surface area contributed by atoms with Crippen molar-refractivity contribution in [2.24, 2.45) is 0 Å². The first-order chi connectivity index (χ1) is 8.93. The Morgan fingerprint density at radius 2 is 1.72 bits per heavy atom. The lowest BCUT2D eigenvalue weighted by Gasteiger charge is -2.08. The summed E-state index contributed by atoms with van der Waals surface area (Å²) in [6, 6.07) is 10.5. The van der Waals surface area contributed by atoms with Gasteiger partial charge in [0.15, 0.2) is 0 Å². The highest BCUT2D eigenvalue weighted by Crippen LogP contribution is 2.24. The summed E-state index contributed by atoms with van der Waals surface area (Å²) < 4.78 is 0. The van der Waals surface area contributed by atoms with Crippen LogP contribution < -0.4 is 0 Å². The van der Waals surface area contributed by atoms with E-state index in [2.05, 4.69) is 52.5 Å². The zero-order valence-corrected chi connectivity index (χ0v) is 10.1. The second-order valence-corrected chi connectivity index (χ2v) is 4.31. The van der Waals surface area contributed by atoms with Gasteiger partial charge >= 0.3 is 0 Å². The number of rotatable bonds is 2. The molecule has 2 heteroatoms. The van der Waals surface area contributed by atoms with Crippen LogP contribution in [-0.4, -0.2) is 9.97 Å². The highest BCUT2D eigenvalue weighted by Gasteiger charge is 2.02. The van der Waals surface area contributed by atoms with Crippen LogP contribution in [0, 0.1) is 0 Å². The van der Waals surface area contributed by atoms with Gasteiger partial charge in [0.2, 0.25) is 0 Å². The van der Waals surface area contributed by atoms with Crippen LogP contribution in [0.15, 0.2) is 61.1 Å². The van der Waals surface area contributed by atoms with E-state index >= 15 is 0 Å². The average molecular weight is 234 g/mol. The molecule has 2 nitrogen and oxygen atoms in total. The van der Waals surface area contributed by atoms with Gasteiger partial charge in [-0.2, -0.15) is 0 Å². The first kappa shape index (κ1) is 10.9. The molecule has 0 radical (unpaired) electrons. The van der Waals surface area contributed by atoms with Crippen molar-refractivity contribution in [3.8, 4) is 11.3 Å². The van der Waals surface area contributed by atoms with Crippen LogP contribution in [0.4, 0.5) is 0 Å². The first-order valence-corrected chi connectivity index (χ1v) is 6.17. The molecule has 1 aromatic heterocycles. The third-order valence-corrected chi connectivity index (χ3v) is 3.09. The average Bonchev–Trinajstić information content (AvgIpc) is 2.49. The molecule has 1 aliphatic rings. The molecule has 0 atom stereocenters. The summed E-state index contributed by atoms with van der Waals surface area (Å²) in [6.45, 7) is 0. The van der Waals surface area contributed by atoms with Gasteiger partial charge in [0.05, 0.1) is 5.69 Å². The van der Waals surface area contributed by atoms with Crippen LogP contribution in [0.2, 0.25) is 0 Å². The Kier molecular flexibility index (Phi) is 3.01. The molecule has 0 unspecified atom stereocenters. The summed E-state index contributed by atoms with van der Waals surface area (Å²) in [5, 5.41) is 0. The van der Waals surface area contributed by atoms with Gasteiger partial charge in [-0.05, 0) is 30.0 Å². The van der Waals surface area contributed by atoms with E-state index < -0.39 is 0 Å². The van der Waals surface area contributed by atoms with Gasteiger partial charge in [0.25, 0.3) is 0 Å². The molecular formula is C16H14N2. The quantitative estimate of drug-likeness (QED) is 0.788. The Hall–Kier alpha value is -2.22. The van der Waals surface area contributed by atoms with Crippen molar-refractivity contribution >= 4 is 5.57 Å². The number of aromatic nitrogens is 2. The smallest absolute Gasteiger partial charge is 0.116 e. The van der Waals surface area contributed by atoms with Gasteiger partial charge in [0, 0.05) is 11.8 Å². The Labute approximate surface area is 107 Å². The van der Waals surface area contributed by atoms with E-state index in [0.717, 1.165) is 24.1 Å². The molecule has 0 bridgehead atoms. The van der Waals surface area contributed by atoms with E-state index in [1.807, 2.05) is 6.07 Å². The monoisotopic (exact) mass is 234 g/mol. The fraction of sp³-hybridized carbons (Fsp3) is 0.125. The second kappa shape index (κ2) is 4.96. The molecule has 1 aliphatic carbocycles. The van der Waals surface area contributed by atoms with Crippen LogP contribution in [0.3, 0.4) is 0 Å². The highest BCUT2D eigenvalue weighted by molar-refractivity contribution is 5.76. The van der Waals surface area contributed by atoms with Crippen LogP contribution in [0.25, 0.3) is 16.8 Å². The number of nitrogens with zero attached hydrogens (tertiary/aromatic N) is 2. The molecule has 88 valence electrons. The molecule has 0 saturated heterocycles. The lowest BCUT2D eigenvalue weighted by molar-refractivity contribution is 1.04. The standard InChI is InChI=1S/C16H14N2/c1-2-4-13(5-3-1)14-6-8-15(9-7-14)16-10-11-17-12-18-16/h2,4-12H,1,3H2. The van der Waals surface area contributed by atoms with Crippen molar-refractivity contribution in [2.45, 2.75) is 12.8 Å². The van der Waals surface area contributed by atoms with Crippen molar-refractivity contribution in [2.75, 3.05) is 0 Å². The van der Waals surface area contributed by atoms with Crippen molar-refractivity contribution in [3.05, 3.63) is 66.6 Å². The maximum Gasteiger partial charge on any atom is 0.116 e. The van der Waals surface area contributed by atoms with Crippen LogP contribution in [-0.2, 0) is 0 Å². The molecule has 2 aromatic rings. The van der Waals surface area contributed by atoms with E-state index in [1.54, 1.807) is 12.5 Å². The SMILES string of the molecule is C1=CC(c2ccc(-c3ccncn3)cc2)=CCC1. The van der Waals surface area contributed by atoms with Crippen LogP contribution in [0.1, 0.15) is 18.4 Å². The van der Waals surface area contributed by atoms with Crippen LogP contribution >= 0.6 is 0 Å². The lowest BCUT2D eigenvalue weighted by atomic mass is 9.98. The fourth-order valence-corrected chi connectivity index (χ4v) is 2.12. The summed E-state index contributed by atoms with van der Waals surface area (Å²) >= 11 is 0. The third-order valence-electron chi connectivity index (χ3n) is 3.09. The summed E-state index contributed by atoms with van der Waals surface area (Å²) in [7, 11) is 0. The maximum absolute atomic E-state index is 4.25. The summed E-state index contributed by atoms with van der Waals surface area (Å²) in [5.41, 5.74) is 4.67. The Balaban J connectivity index is 1.90. The normalized spacial score (nSPS) is 14.3. The summed E-state index contributed by atoms with van der Waals surface area (Å²) in [4.78, 5) is 8.18. The lowest BCUT2D eigenvalue weighted by Crippen LogP contribution is -1.87. The number of hydrogen-bond donors (Lipinski definition) is 0. The van der Waals surface area contributed by atoms with E-state index in [-0.39, 0.29) is 0 Å². The van der Waals surface area contributed by atoms with Crippen molar-refractivity contribution in [1.29, 1.82) is 0 Å². The minimum atomic E-state index is 0.963. The van der Waals surface area contributed by atoms with Gasteiger partial charge in [-0.3, -0.25) is 0 Å². The molecule has 0 N–H and O–H groups in total. The number of benzene rings is 1. The van der Waals surface area contributed by atoms with Crippen molar-refractivity contribution in [1.82, 2.24) is 9.97 Å². The van der Waals surface area contributed by atoms with Gasteiger partial charge in [-0.25, -0.2) is 9.97 Å². The van der Waals surface area contributed by atoms with Crippen LogP contribution in [0.5, 0.6) is 0 Å². The number of hydrogen-bond acceptors (Lipinski definition) is 2. The molecule has 0 saturated carbocycles. The zero-order valence-electron chi connectivity index (χ0n) is 10.1. The van der Waals surface area contributed by atoms with E-state index in [4.69, 9.17) is 0 Å². The summed E-state index contributed by atoms with van der Waals surface area (Å²) in [5.74, 6) is 0. The Bertz CT molecular complexity index is 580. The minimum Gasteiger partial charge on any atom is -0.245 e. The third kappa shape index (κ3) is 2.23. The molecule has 1 aromatic carbocycles. The van der Waals surface area contributed by atoms with Gasteiger partial charge < -0.3 is 0 Å². The minimum absolute atomic E-state index is 0.963. The van der Waals surface area contributed by atoms with E-state index in [1.165, 1.54) is 11.1 Å². The largest absolute Gasteiger partial charge is 0.245 e. The Morgan fingerprint density at radius 3 is 2.39 bits per heavy atom. The second-order valence-electron chi connectivity index (χ2n) is 4.31. The predicted molar refractivity (Wildman–Crippen MR) is 73.8 cm³/mol. The zero-order chi connectivity index (χ0) is 12.2. The van der Waals surface area contributed by atoms with Crippen molar-refractivity contribution < 1.29 is 0 Å². The first-order valence-electron chi connectivity index (χ1n) is 6.17. The molecule has 0 spiro atoms. The molecule has 3 rings (SSSR count). The van der Waals surface area contributed by atoms with Crippen molar-refractivity contribution in [3.63, 3.8) is 0 Å². The van der Waals surface area contributed by atoms with Gasteiger partial charge in [0.1, 0.15) is 6.33 Å². The fourth-order valence-electron chi connectivity index (χ4n) is 2.12. The molecule has 0 amide bonds. The number of allylic oxidation sites excluding steroid dienone is 4. The summed E-state index contributed by atoms with van der Waals surface area (Å²) in [6.07, 6.45) is 12.4. The van der Waals surface area contributed by atoms with E-state index in [9.17, 15) is 0 Å². The molecule has 18 heavy (non-hydrogen) atoms. The molecular weight excluding hydrogens is 220 g/mol. The van der Waals surface area contributed by atoms with Gasteiger partial charge in [-0.1, -0.05) is 42.5 Å². The van der Waals surface area contributed by atoms with E-state index in [0.29, 0.717) is 0 Å². The maximum atomic E-state index is 4.25. The van der Waals surface area contributed by atoms with Gasteiger partial charge in [-0.15, -0.1) is 0 Å².